The smallest absolute Gasteiger partial charge is 0.338 e. The summed E-state index contributed by atoms with van der Waals surface area (Å²) in [5.74, 6) is -4.10. The van der Waals surface area contributed by atoms with Gasteiger partial charge >= 0.3 is 29.8 Å². The summed E-state index contributed by atoms with van der Waals surface area (Å²) in [6.45, 7) is 11.6. The fourth-order valence-electron chi connectivity index (χ4n) is 9.10. The first kappa shape index (κ1) is 57.3. The van der Waals surface area contributed by atoms with Gasteiger partial charge < -0.3 is 66.3 Å². The molecule has 0 amide bonds. The van der Waals surface area contributed by atoms with E-state index in [2.05, 4.69) is 6.58 Å². The molecule has 7 rings (SSSR count). The first-order valence-corrected chi connectivity index (χ1v) is 25.1. The van der Waals surface area contributed by atoms with Crippen LogP contribution in [0.4, 0.5) is 0 Å². The van der Waals surface area contributed by atoms with Crippen LogP contribution in [0, 0.1) is 0 Å². The molecule has 0 bridgehead atoms. The zero-order chi connectivity index (χ0) is 54.1. The molecule has 0 N–H and O–H groups in total. The lowest BCUT2D eigenvalue weighted by Gasteiger charge is -2.50. The highest BCUT2D eigenvalue weighted by Gasteiger charge is 2.58. The monoisotopic (exact) mass is 1050 g/mol. The second-order valence-corrected chi connectivity index (χ2v) is 18.3. The molecule has 3 aliphatic rings. The van der Waals surface area contributed by atoms with E-state index in [-0.39, 0.29) is 32.0 Å². The molecule has 408 valence electrons. The molecular weight excluding hydrogens is 989 g/mol. The minimum atomic E-state index is -1.77. The highest BCUT2D eigenvalue weighted by Crippen LogP contribution is 2.39. The van der Waals surface area contributed by atoms with Crippen molar-refractivity contribution in [1.82, 2.24) is 0 Å². The van der Waals surface area contributed by atoms with Crippen LogP contribution in [0.2, 0.25) is 0 Å². The van der Waals surface area contributed by atoms with Crippen LogP contribution in [0.3, 0.4) is 0 Å². The molecule has 0 saturated carbocycles. The molecule has 0 unspecified atom stereocenters. The Morgan fingerprint density at radius 1 is 0.447 bits per heavy atom. The van der Waals surface area contributed by atoms with Crippen molar-refractivity contribution in [3.05, 3.63) is 156 Å². The van der Waals surface area contributed by atoms with Gasteiger partial charge in [0.2, 0.25) is 0 Å². The van der Waals surface area contributed by atoms with Gasteiger partial charge in [-0.25, -0.2) is 4.79 Å². The Hall–Kier alpha value is -6.39. The summed E-state index contributed by atoms with van der Waals surface area (Å²) >= 11 is 0. The predicted molar refractivity (Wildman–Crippen MR) is 267 cm³/mol. The summed E-state index contributed by atoms with van der Waals surface area (Å²) in [5.41, 5.74) is 2.64. The Morgan fingerprint density at radius 2 is 0.868 bits per heavy atom. The minimum Gasteiger partial charge on any atom is -0.463 e. The Balaban J connectivity index is 1.35. The second-order valence-electron chi connectivity index (χ2n) is 18.3. The van der Waals surface area contributed by atoms with Gasteiger partial charge in [0.25, 0.3) is 0 Å². The zero-order valence-corrected chi connectivity index (χ0v) is 43.3. The van der Waals surface area contributed by atoms with Crippen LogP contribution < -0.4 is 0 Å². The van der Waals surface area contributed by atoms with Gasteiger partial charge in [-0.05, 0) is 42.7 Å². The average molecular weight is 1060 g/mol. The van der Waals surface area contributed by atoms with Gasteiger partial charge in [-0.2, -0.15) is 0 Å². The molecule has 0 radical (unpaired) electrons. The van der Waals surface area contributed by atoms with E-state index in [0.29, 0.717) is 0 Å². The number of hydrogen-bond acceptors (Lipinski definition) is 19. The number of esters is 5. The molecule has 19 heteroatoms. The molecule has 19 nitrogen and oxygen atoms in total. The van der Waals surface area contributed by atoms with Crippen molar-refractivity contribution >= 4 is 29.8 Å². The summed E-state index contributed by atoms with van der Waals surface area (Å²) in [4.78, 5) is 65.4. The van der Waals surface area contributed by atoms with Crippen LogP contribution in [0.5, 0.6) is 0 Å². The molecule has 3 aliphatic heterocycles. The first-order valence-electron chi connectivity index (χ1n) is 25.1. The van der Waals surface area contributed by atoms with Gasteiger partial charge in [0.1, 0.15) is 43.2 Å². The normalized spacial score (nSPS) is 29.3. The van der Waals surface area contributed by atoms with Crippen molar-refractivity contribution in [3.8, 4) is 0 Å². The van der Waals surface area contributed by atoms with Crippen molar-refractivity contribution in [1.29, 1.82) is 0 Å². The molecular formula is C57H66O19. The van der Waals surface area contributed by atoms with Crippen LogP contribution in [0.15, 0.2) is 134 Å². The van der Waals surface area contributed by atoms with Gasteiger partial charge in [-0.15, -0.1) is 6.58 Å². The van der Waals surface area contributed by atoms with Crippen LogP contribution >= 0.6 is 0 Å². The summed E-state index contributed by atoms with van der Waals surface area (Å²) < 4.78 is 89.4. The van der Waals surface area contributed by atoms with Gasteiger partial charge in [0.15, 0.2) is 43.3 Å². The molecule has 76 heavy (non-hydrogen) atoms. The number of rotatable bonds is 23. The third kappa shape index (κ3) is 15.8. The molecule has 0 aromatic heterocycles. The SMILES string of the molecule is C=CCO[C@@H]1O[C@@H](C)[C@H](OCc2ccccc2)[C@@H](OCc2ccccc2)[C@H]1O[C@@H]1O[C@@H](C)[C@H](OCc2ccccc2)[C@@H](O[C@@H]2O[C@H](COC(C)=O)[C@@H](OC(C)=O)[C@H](OC(C)=O)[C@H]2OC(C)=O)[C@H]1OC(=O)c1ccccc1. The number of carbonyl (C=O) groups is 5. The van der Waals surface area contributed by atoms with Gasteiger partial charge in [-0.1, -0.05) is 115 Å². The van der Waals surface area contributed by atoms with Crippen molar-refractivity contribution in [2.75, 3.05) is 13.2 Å². The summed E-state index contributed by atoms with van der Waals surface area (Å²) in [6.07, 6.45) is -18.0. The molecule has 4 aromatic rings. The maximum absolute atomic E-state index is 14.5. The van der Waals surface area contributed by atoms with Crippen LogP contribution in [-0.2, 0) is 105 Å². The zero-order valence-electron chi connectivity index (χ0n) is 43.3. The third-order valence-corrected chi connectivity index (χ3v) is 12.5. The van der Waals surface area contributed by atoms with E-state index in [4.69, 9.17) is 66.3 Å². The molecule has 3 heterocycles. The standard InChI is InChI=1S/C57H66O19/c1-8-29-63-55-51(48(67-32-42-25-17-11-18-26-42)45(34(2)68-55)65-30-40-21-13-9-14-22-40)76-56-53(74-54(62)43-27-19-12-20-28-43)49(46(35(3)69-56)66-31-41-23-15-10-16-24-41)75-57-52(72-39(7)61)50(71-38(6)60)47(70-37(5)59)44(73-57)33-64-36(4)58/h8-28,34-35,44-53,55-57H,1,29-33H2,2-7H3/t34-,35-,44+,45-,46-,47+,48+,49+,50-,51+,52+,53+,55+,56-,57-/m0/s1. The maximum atomic E-state index is 14.5. The molecule has 4 aromatic carbocycles. The molecule has 3 saturated heterocycles. The van der Waals surface area contributed by atoms with E-state index >= 15 is 0 Å². The van der Waals surface area contributed by atoms with Crippen LogP contribution in [0.25, 0.3) is 0 Å². The van der Waals surface area contributed by atoms with Crippen LogP contribution in [-0.4, -0.2) is 135 Å². The van der Waals surface area contributed by atoms with E-state index in [0.717, 1.165) is 44.4 Å². The Bertz CT molecular complexity index is 2480. The van der Waals surface area contributed by atoms with E-state index < -0.39 is 129 Å². The van der Waals surface area contributed by atoms with Gasteiger partial charge in [0.05, 0.1) is 44.2 Å². The van der Waals surface area contributed by atoms with Crippen molar-refractivity contribution in [2.45, 2.75) is 153 Å². The fourth-order valence-corrected chi connectivity index (χ4v) is 9.10. The highest BCUT2D eigenvalue weighted by atomic mass is 16.8. The number of carbonyl (C=O) groups excluding carboxylic acids is 5. The summed E-state index contributed by atoms with van der Waals surface area (Å²) in [5, 5.41) is 0. The van der Waals surface area contributed by atoms with Crippen molar-refractivity contribution in [3.63, 3.8) is 0 Å². The van der Waals surface area contributed by atoms with Crippen molar-refractivity contribution < 1.29 is 90.3 Å². The maximum Gasteiger partial charge on any atom is 0.338 e. The van der Waals surface area contributed by atoms with Gasteiger partial charge in [-0.3, -0.25) is 19.2 Å². The largest absolute Gasteiger partial charge is 0.463 e. The first-order chi connectivity index (χ1) is 36.7. The van der Waals surface area contributed by atoms with E-state index in [1.807, 2.05) is 97.9 Å². The Morgan fingerprint density at radius 3 is 1.37 bits per heavy atom. The van der Waals surface area contributed by atoms with Crippen LogP contribution in [0.1, 0.15) is 68.6 Å². The number of benzene rings is 4. The molecule has 0 spiro atoms. The third-order valence-electron chi connectivity index (χ3n) is 12.5. The van der Waals surface area contributed by atoms with E-state index in [9.17, 15) is 24.0 Å². The predicted octanol–water partition coefficient (Wildman–Crippen LogP) is 6.51. The quantitative estimate of drug-likeness (QED) is 0.0439. The summed E-state index contributed by atoms with van der Waals surface area (Å²) in [6, 6.07) is 36.5. The van der Waals surface area contributed by atoms with Crippen molar-refractivity contribution in [2.24, 2.45) is 0 Å². The molecule has 3 fully saturated rings. The lowest BCUT2D eigenvalue weighted by atomic mass is 9.95. The molecule has 0 aliphatic carbocycles. The van der Waals surface area contributed by atoms with Gasteiger partial charge in [0, 0.05) is 27.7 Å². The minimum absolute atomic E-state index is 0.00975. The second kappa shape index (κ2) is 28.1. The average Bonchev–Trinajstić information content (AvgIpc) is 3.42. The van der Waals surface area contributed by atoms with E-state index in [1.54, 1.807) is 43.3 Å². The Kier molecular flexibility index (Phi) is 21.2. The number of hydrogen-bond donors (Lipinski definition) is 0. The topological polar surface area (TPSA) is 215 Å². The Labute approximate surface area is 441 Å². The summed E-state index contributed by atoms with van der Waals surface area (Å²) in [7, 11) is 0. The highest BCUT2D eigenvalue weighted by molar-refractivity contribution is 5.89. The lowest BCUT2D eigenvalue weighted by molar-refractivity contribution is -0.386. The fraction of sp³-hybridized carbons (Fsp3) is 0.456. The number of ether oxygens (including phenoxy) is 14. The van der Waals surface area contributed by atoms with E-state index in [1.165, 1.54) is 0 Å². The lowest BCUT2D eigenvalue weighted by Crippen LogP contribution is -2.68. The molecule has 15 atom stereocenters.